The molecule has 0 aliphatic carbocycles. The number of hydrogen-bond acceptors (Lipinski definition) is 8. The number of benzene rings is 1. The first-order chi connectivity index (χ1) is 18.9. The van der Waals surface area contributed by atoms with Gasteiger partial charge in [0.2, 0.25) is 23.6 Å². The molecule has 2 rings (SSSR count). The first kappa shape index (κ1) is 31.7. The summed E-state index contributed by atoms with van der Waals surface area (Å²) < 4.78 is 0. The predicted molar refractivity (Wildman–Crippen MR) is 142 cm³/mol. The second-order valence-corrected chi connectivity index (χ2v) is 9.24. The normalized spacial score (nSPS) is 13.9. The highest BCUT2D eigenvalue weighted by atomic mass is 16.4. The number of aromatic nitrogens is 1. The van der Waals surface area contributed by atoms with Crippen LogP contribution in [0.15, 0.2) is 30.5 Å². The summed E-state index contributed by atoms with van der Waals surface area (Å²) in [4.78, 5) is 76.3. The number of hydrogen-bond donors (Lipinski definition) is 9. The fraction of sp³-hybridized carbons (Fsp3) is 0.440. The third kappa shape index (κ3) is 9.67. The van der Waals surface area contributed by atoms with E-state index >= 15 is 0 Å². The van der Waals surface area contributed by atoms with Crippen molar-refractivity contribution >= 4 is 46.5 Å². The van der Waals surface area contributed by atoms with Gasteiger partial charge in [0, 0.05) is 23.5 Å². The number of para-hydroxylation sites is 1. The molecule has 0 spiro atoms. The van der Waals surface area contributed by atoms with Crippen LogP contribution in [0.2, 0.25) is 0 Å². The van der Waals surface area contributed by atoms with E-state index in [1.54, 1.807) is 30.5 Å². The van der Waals surface area contributed by atoms with Gasteiger partial charge < -0.3 is 48.3 Å². The third-order valence-electron chi connectivity index (χ3n) is 6.07. The Morgan fingerprint density at radius 2 is 1.45 bits per heavy atom. The van der Waals surface area contributed by atoms with Gasteiger partial charge in [-0.3, -0.25) is 24.0 Å². The molecule has 15 heteroatoms. The molecule has 12 N–H and O–H groups in total. The summed E-state index contributed by atoms with van der Waals surface area (Å²) in [5.41, 5.74) is 17.8. The number of rotatable bonds is 17. The van der Waals surface area contributed by atoms with E-state index in [1.807, 2.05) is 0 Å². The van der Waals surface area contributed by atoms with E-state index < -0.39 is 72.6 Å². The maximum absolute atomic E-state index is 13.0. The van der Waals surface area contributed by atoms with Crippen LogP contribution < -0.4 is 33.2 Å². The smallest absolute Gasteiger partial charge is 0.326 e. The highest BCUT2D eigenvalue weighted by Gasteiger charge is 2.32. The monoisotopic (exact) mass is 561 g/mol. The summed E-state index contributed by atoms with van der Waals surface area (Å²) in [5, 5.41) is 26.5. The number of nitrogens with one attached hydrogen (secondary N) is 4. The standard InChI is InChI=1S/C25H35N7O8/c26-8-4-3-6-15(27)22(36)30-17(10-20(28)33)23(37)31-18(11-21(34)35)24(38)32-19(25(39)40)9-13-12-29-16-7-2-1-5-14(13)16/h1-2,5,7,12,15,17-19,29H,3-4,6,8-11,26-27H2,(H2,28,33)(H,30,36)(H,31,37)(H,32,38)(H,34,35)(H,39,40). The molecule has 1 aromatic heterocycles. The summed E-state index contributed by atoms with van der Waals surface area (Å²) in [6, 6.07) is 1.34. The van der Waals surface area contributed by atoms with Gasteiger partial charge in [0.25, 0.3) is 0 Å². The molecular formula is C25H35N7O8. The molecule has 4 amide bonds. The number of aliphatic carboxylic acids is 2. The number of H-pyrrole nitrogens is 1. The summed E-state index contributed by atoms with van der Waals surface area (Å²) in [7, 11) is 0. The van der Waals surface area contributed by atoms with Crippen LogP contribution >= 0.6 is 0 Å². The number of fused-ring (bicyclic) bond motifs is 1. The lowest BCUT2D eigenvalue weighted by atomic mass is 10.0. The average Bonchev–Trinajstić information content (AvgIpc) is 3.29. The quantitative estimate of drug-likeness (QED) is 0.0963. The lowest BCUT2D eigenvalue weighted by Crippen LogP contribution is -2.58. The minimum atomic E-state index is -1.74. The Morgan fingerprint density at radius 3 is 2.05 bits per heavy atom. The SMILES string of the molecule is NCCCCC(N)C(=O)NC(CC(N)=O)C(=O)NC(CC(=O)O)C(=O)NC(Cc1c[nH]c2ccccc12)C(=O)O. The molecule has 15 nitrogen and oxygen atoms in total. The largest absolute Gasteiger partial charge is 0.481 e. The molecule has 1 aromatic carbocycles. The van der Waals surface area contributed by atoms with Crippen LogP contribution in [-0.4, -0.2) is 81.5 Å². The zero-order valence-electron chi connectivity index (χ0n) is 21.7. The van der Waals surface area contributed by atoms with Gasteiger partial charge in [0.15, 0.2) is 0 Å². The van der Waals surface area contributed by atoms with Gasteiger partial charge in [-0.25, -0.2) is 4.79 Å². The number of amides is 4. The topological polar surface area (TPSA) is 273 Å². The molecule has 0 saturated heterocycles. The Labute approximate surface area is 229 Å². The molecule has 2 aromatic rings. The van der Waals surface area contributed by atoms with Crippen molar-refractivity contribution in [3.05, 3.63) is 36.0 Å². The van der Waals surface area contributed by atoms with E-state index in [0.29, 0.717) is 24.9 Å². The van der Waals surface area contributed by atoms with Crippen LogP contribution in [0.1, 0.15) is 37.7 Å². The van der Waals surface area contributed by atoms with Crippen LogP contribution in [0.3, 0.4) is 0 Å². The number of carbonyl (C=O) groups excluding carboxylic acids is 4. The van der Waals surface area contributed by atoms with Gasteiger partial charge in [-0.15, -0.1) is 0 Å². The molecule has 0 aliphatic rings. The molecule has 1 heterocycles. The number of carboxylic acids is 2. The molecule has 0 fully saturated rings. The molecule has 0 bridgehead atoms. The minimum absolute atomic E-state index is 0.138. The van der Waals surface area contributed by atoms with Crippen LogP contribution in [0.5, 0.6) is 0 Å². The van der Waals surface area contributed by atoms with Crippen molar-refractivity contribution in [1.29, 1.82) is 0 Å². The van der Waals surface area contributed by atoms with Crippen LogP contribution in [-0.2, 0) is 35.2 Å². The lowest BCUT2D eigenvalue weighted by Gasteiger charge is -2.24. The number of primary amides is 1. The fourth-order valence-electron chi connectivity index (χ4n) is 3.98. The summed E-state index contributed by atoms with van der Waals surface area (Å²) >= 11 is 0. The zero-order chi connectivity index (χ0) is 29.8. The van der Waals surface area contributed by atoms with Crippen LogP contribution in [0, 0.1) is 0 Å². The number of aromatic amines is 1. The molecule has 4 unspecified atom stereocenters. The molecule has 4 atom stereocenters. The third-order valence-corrected chi connectivity index (χ3v) is 6.07. The van der Waals surface area contributed by atoms with Gasteiger partial charge in [-0.2, -0.15) is 0 Å². The molecule has 0 radical (unpaired) electrons. The first-order valence-corrected chi connectivity index (χ1v) is 12.6. The van der Waals surface area contributed by atoms with Gasteiger partial charge in [0.1, 0.15) is 18.1 Å². The van der Waals surface area contributed by atoms with Crippen molar-refractivity contribution in [2.75, 3.05) is 6.54 Å². The Kier molecular flexibility index (Phi) is 12.0. The van der Waals surface area contributed by atoms with Crippen molar-refractivity contribution < 1.29 is 39.0 Å². The number of unbranched alkanes of at least 4 members (excludes halogenated alkanes) is 1. The van der Waals surface area contributed by atoms with Crippen LogP contribution in [0.4, 0.5) is 0 Å². The van der Waals surface area contributed by atoms with E-state index in [-0.39, 0.29) is 12.8 Å². The minimum Gasteiger partial charge on any atom is -0.481 e. The van der Waals surface area contributed by atoms with E-state index in [4.69, 9.17) is 17.2 Å². The Morgan fingerprint density at radius 1 is 0.850 bits per heavy atom. The zero-order valence-corrected chi connectivity index (χ0v) is 21.7. The van der Waals surface area contributed by atoms with Crippen molar-refractivity contribution in [1.82, 2.24) is 20.9 Å². The van der Waals surface area contributed by atoms with Gasteiger partial charge in [-0.05, 0) is 31.0 Å². The highest BCUT2D eigenvalue weighted by molar-refractivity contribution is 5.97. The summed E-state index contributed by atoms with van der Waals surface area (Å²) in [6.45, 7) is 0.401. The Balaban J connectivity index is 2.16. The molecule has 0 aliphatic heterocycles. The lowest BCUT2D eigenvalue weighted by molar-refractivity contribution is -0.143. The van der Waals surface area contributed by atoms with Gasteiger partial charge in [-0.1, -0.05) is 24.6 Å². The van der Waals surface area contributed by atoms with E-state index in [9.17, 15) is 39.0 Å². The second kappa shape index (κ2) is 15.2. The first-order valence-electron chi connectivity index (χ1n) is 12.6. The molecule has 218 valence electrons. The predicted octanol–water partition coefficient (Wildman–Crippen LogP) is -1.94. The molecule has 40 heavy (non-hydrogen) atoms. The van der Waals surface area contributed by atoms with Crippen molar-refractivity contribution in [2.45, 2.75) is 62.7 Å². The maximum atomic E-state index is 13.0. The number of nitrogens with two attached hydrogens (primary N) is 3. The fourth-order valence-corrected chi connectivity index (χ4v) is 3.98. The van der Waals surface area contributed by atoms with Crippen molar-refractivity contribution in [3.63, 3.8) is 0 Å². The van der Waals surface area contributed by atoms with Gasteiger partial charge in [0.05, 0.1) is 18.9 Å². The van der Waals surface area contributed by atoms with E-state index in [2.05, 4.69) is 20.9 Å². The molecular weight excluding hydrogens is 526 g/mol. The molecule has 0 saturated carbocycles. The highest BCUT2D eigenvalue weighted by Crippen LogP contribution is 2.19. The van der Waals surface area contributed by atoms with Crippen molar-refractivity contribution in [2.24, 2.45) is 17.2 Å². The summed E-state index contributed by atoms with van der Waals surface area (Å²) in [6.07, 6.45) is 1.31. The Bertz CT molecular complexity index is 1230. The van der Waals surface area contributed by atoms with E-state index in [1.165, 1.54) is 0 Å². The Hall–Kier alpha value is -4.50. The van der Waals surface area contributed by atoms with Crippen molar-refractivity contribution in [3.8, 4) is 0 Å². The van der Waals surface area contributed by atoms with Crippen LogP contribution in [0.25, 0.3) is 10.9 Å². The number of carbonyl (C=O) groups is 6. The average molecular weight is 562 g/mol. The summed E-state index contributed by atoms with van der Waals surface area (Å²) in [5.74, 6) is -6.75. The number of carboxylic acid groups (broad SMARTS) is 2. The van der Waals surface area contributed by atoms with E-state index in [0.717, 1.165) is 10.9 Å². The second-order valence-electron chi connectivity index (χ2n) is 9.24. The maximum Gasteiger partial charge on any atom is 0.326 e. The van der Waals surface area contributed by atoms with Gasteiger partial charge >= 0.3 is 11.9 Å².